The van der Waals surface area contributed by atoms with Crippen LogP contribution in [0.2, 0.25) is 0 Å². The van der Waals surface area contributed by atoms with Gasteiger partial charge in [0.15, 0.2) is 0 Å². The van der Waals surface area contributed by atoms with Gasteiger partial charge in [0.1, 0.15) is 0 Å². The Kier molecular flexibility index (Phi) is 15.7. The van der Waals surface area contributed by atoms with Gasteiger partial charge < -0.3 is 9.84 Å². The Hall–Kier alpha value is -0.170. The molecule has 0 rings (SSSR count). The highest BCUT2D eigenvalue weighted by atomic mass is 32.2. The summed E-state index contributed by atoms with van der Waals surface area (Å²) in [6, 6.07) is 0. The lowest BCUT2D eigenvalue weighted by Gasteiger charge is -2.19. The molecule has 0 radical (unpaired) electrons. The lowest BCUT2D eigenvalue weighted by Crippen LogP contribution is -2.38. The van der Waals surface area contributed by atoms with Gasteiger partial charge in [-0.3, -0.25) is 4.55 Å². The maximum Gasteiger partial charge on any atom is 0.321 e. The van der Waals surface area contributed by atoms with Crippen molar-refractivity contribution in [3.8, 4) is 0 Å². The third kappa shape index (κ3) is 14.9. The number of hydrogen-bond acceptors (Lipinski definition) is 4. The summed E-state index contributed by atoms with van der Waals surface area (Å²) in [6.45, 7) is 3.33. The summed E-state index contributed by atoms with van der Waals surface area (Å²) < 4.78 is 35.3. The summed E-state index contributed by atoms with van der Waals surface area (Å²) >= 11 is 0. The van der Waals surface area contributed by atoms with E-state index in [2.05, 4.69) is 6.92 Å². The van der Waals surface area contributed by atoms with E-state index < -0.39 is 15.2 Å². The van der Waals surface area contributed by atoms with E-state index in [1.807, 2.05) is 0 Å². The van der Waals surface area contributed by atoms with Crippen molar-refractivity contribution >= 4 is 10.1 Å². The first-order chi connectivity index (χ1) is 12.3. The molecule has 0 heterocycles. The molecule has 0 amide bonds. The number of aliphatic hydroxyl groups is 1. The van der Waals surface area contributed by atoms with E-state index in [0.717, 1.165) is 19.8 Å². The Morgan fingerprint density at radius 1 is 0.692 bits per heavy atom. The van der Waals surface area contributed by atoms with Crippen LogP contribution in [0.5, 0.6) is 0 Å². The summed E-state index contributed by atoms with van der Waals surface area (Å²) in [5.74, 6) is 0. The van der Waals surface area contributed by atoms with Crippen molar-refractivity contribution in [1.29, 1.82) is 0 Å². The lowest BCUT2D eigenvalue weighted by molar-refractivity contribution is -0.129. The average Bonchev–Trinajstić information content (AvgIpc) is 2.56. The molecule has 0 fully saturated rings. The van der Waals surface area contributed by atoms with Crippen molar-refractivity contribution in [2.24, 2.45) is 0 Å². The Morgan fingerprint density at radius 2 is 1.00 bits per heavy atom. The second-order valence-electron chi connectivity index (χ2n) is 7.52. The molecule has 158 valence electrons. The SMILES string of the molecule is CCCCCCCCCCCCCCCCCCOC(C)(O)S(=O)(=O)O. The van der Waals surface area contributed by atoms with Crippen LogP contribution in [-0.2, 0) is 14.9 Å². The van der Waals surface area contributed by atoms with Crippen LogP contribution < -0.4 is 0 Å². The minimum atomic E-state index is -4.59. The van der Waals surface area contributed by atoms with Gasteiger partial charge in [0.05, 0.1) is 6.61 Å². The highest BCUT2D eigenvalue weighted by molar-refractivity contribution is 7.86. The van der Waals surface area contributed by atoms with Crippen LogP contribution in [0.3, 0.4) is 0 Å². The van der Waals surface area contributed by atoms with Gasteiger partial charge in [-0.2, -0.15) is 8.42 Å². The van der Waals surface area contributed by atoms with Gasteiger partial charge in [-0.25, -0.2) is 0 Å². The summed E-state index contributed by atoms with van der Waals surface area (Å²) in [7, 11) is -4.59. The first kappa shape index (κ1) is 25.8. The maximum absolute atomic E-state index is 10.8. The molecule has 0 aromatic heterocycles. The first-order valence-corrected chi connectivity index (χ1v) is 12.1. The second kappa shape index (κ2) is 15.8. The molecule has 1 unspecified atom stereocenters. The number of unbranched alkanes of at least 4 members (excludes halogenated alkanes) is 15. The zero-order valence-electron chi connectivity index (χ0n) is 17.0. The first-order valence-electron chi connectivity index (χ1n) is 10.6. The highest BCUT2D eigenvalue weighted by Gasteiger charge is 2.36. The quantitative estimate of drug-likeness (QED) is 0.164. The van der Waals surface area contributed by atoms with Gasteiger partial charge in [-0.05, 0) is 6.42 Å². The molecule has 0 aliphatic carbocycles. The monoisotopic (exact) mass is 394 g/mol. The smallest absolute Gasteiger partial charge is 0.321 e. The molecule has 1 atom stereocenters. The molecule has 26 heavy (non-hydrogen) atoms. The Balaban J connectivity index is 3.23. The van der Waals surface area contributed by atoms with Crippen LogP contribution >= 0.6 is 0 Å². The standard InChI is InChI=1S/C20H42O5S/c1-3-4-5-6-7-8-9-10-11-12-13-14-15-16-17-18-19-25-20(2,21)26(22,23)24/h21H,3-19H2,1-2H3,(H,22,23,24). The minimum Gasteiger partial charge on any atom is -0.352 e. The molecule has 0 saturated heterocycles. The van der Waals surface area contributed by atoms with Gasteiger partial charge in [0.25, 0.3) is 5.12 Å². The normalized spacial score (nSPS) is 14.5. The van der Waals surface area contributed by atoms with E-state index in [1.165, 1.54) is 83.5 Å². The highest BCUT2D eigenvalue weighted by Crippen LogP contribution is 2.16. The third-order valence-corrected chi connectivity index (χ3v) is 5.92. The molecule has 6 heteroatoms. The molecule has 0 aromatic rings. The van der Waals surface area contributed by atoms with E-state index in [1.54, 1.807) is 0 Å². The van der Waals surface area contributed by atoms with Crippen molar-refractivity contribution in [3.05, 3.63) is 0 Å². The fraction of sp³-hybridized carbons (Fsp3) is 1.00. The van der Waals surface area contributed by atoms with Gasteiger partial charge in [-0.1, -0.05) is 103 Å². The summed E-state index contributed by atoms with van der Waals surface area (Å²) in [6.07, 6.45) is 20.2. The van der Waals surface area contributed by atoms with Crippen molar-refractivity contribution in [2.75, 3.05) is 6.61 Å². The van der Waals surface area contributed by atoms with Crippen LogP contribution in [0, 0.1) is 0 Å². The zero-order valence-corrected chi connectivity index (χ0v) is 17.9. The van der Waals surface area contributed by atoms with Gasteiger partial charge in [-0.15, -0.1) is 0 Å². The molecule has 2 N–H and O–H groups in total. The lowest BCUT2D eigenvalue weighted by atomic mass is 10.0. The average molecular weight is 395 g/mol. The summed E-state index contributed by atoms with van der Waals surface area (Å²) in [5.41, 5.74) is 0. The molecular formula is C20H42O5S. The molecule has 0 bridgehead atoms. The maximum atomic E-state index is 10.8. The predicted molar refractivity (Wildman–Crippen MR) is 108 cm³/mol. The van der Waals surface area contributed by atoms with Crippen LogP contribution in [0.4, 0.5) is 0 Å². The van der Waals surface area contributed by atoms with Crippen molar-refractivity contribution < 1.29 is 22.8 Å². The molecular weight excluding hydrogens is 352 g/mol. The van der Waals surface area contributed by atoms with E-state index in [0.29, 0.717) is 6.42 Å². The second-order valence-corrected chi connectivity index (χ2v) is 9.23. The molecule has 0 aromatic carbocycles. The molecule has 0 saturated carbocycles. The molecule has 0 aliphatic heterocycles. The van der Waals surface area contributed by atoms with E-state index in [9.17, 15) is 13.5 Å². The Bertz CT molecular complexity index is 406. The molecule has 0 aliphatic rings. The Morgan fingerprint density at radius 3 is 1.31 bits per heavy atom. The van der Waals surface area contributed by atoms with Crippen molar-refractivity contribution in [3.63, 3.8) is 0 Å². The minimum absolute atomic E-state index is 0.130. The van der Waals surface area contributed by atoms with Crippen LogP contribution in [0.1, 0.15) is 117 Å². The fourth-order valence-corrected chi connectivity index (χ4v) is 3.22. The van der Waals surface area contributed by atoms with E-state index >= 15 is 0 Å². The molecule has 0 spiro atoms. The van der Waals surface area contributed by atoms with Gasteiger partial charge in [0.2, 0.25) is 0 Å². The van der Waals surface area contributed by atoms with Crippen molar-refractivity contribution in [1.82, 2.24) is 0 Å². The third-order valence-electron chi connectivity index (χ3n) is 4.85. The van der Waals surface area contributed by atoms with Gasteiger partial charge in [0, 0.05) is 6.92 Å². The van der Waals surface area contributed by atoms with E-state index in [-0.39, 0.29) is 6.61 Å². The predicted octanol–water partition coefficient (Wildman–Crippen LogP) is 5.82. The Labute approximate surface area is 161 Å². The summed E-state index contributed by atoms with van der Waals surface area (Å²) in [5, 5.41) is 6.92. The summed E-state index contributed by atoms with van der Waals surface area (Å²) in [4.78, 5) is 0. The number of ether oxygens (including phenoxy) is 1. The van der Waals surface area contributed by atoms with Crippen molar-refractivity contribution in [2.45, 2.75) is 122 Å². The zero-order chi connectivity index (χ0) is 19.7. The van der Waals surface area contributed by atoms with E-state index in [4.69, 9.17) is 9.29 Å². The number of rotatable bonds is 19. The topological polar surface area (TPSA) is 83.8 Å². The van der Waals surface area contributed by atoms with Crippen LogP contribution in [-0.4, -0.2) is 29.8 Å². The largest absolute Gasteiger partial charge is 0.352 e. The van der Waals surface area contributed by atoms with Gasteiger partial charge >= 0.3 is 10.1 Å². The fourth-order valence-electron chi connectivity index (χ4n) is 2.99. The molecule has 5 nitrogen and oxygen atoms in total. The van der Waals surface area contributed by atoms with Crippen LogP contribution in [0.15, 0.2) is 0 Å². The van der Waals surface area contributed by atoms with Crippen LogP contribution in [0.25, 0.3) is 0 Å². The number of hydrogen-bond donors (Lipinski definition) is 2.